The van der Waals surface area contributed by atoms with Gasteiger partial charge in [-0.3, -0.25) is 0 Å². The van der Waals surface area contributed by atoms with Crippen LogP contribution in [0.3, 0.4) is 0 Å². The molecule has 21 heavy (non-hydrogen) atoms. The second-order valence-corrected chi connectivity index (χ2v) is 7.76. The third kappa shape index (κ3) is 3.90. The summed E-state index contributed by atoms with van der Waals surface area (Å²) in [5.41, 5.74) is 0.784. The maximum atomic E-state index is 12.5. The van der Waals surface area contributed by atoms with Gasteiger partial charge >= 0.3 is 0 Å². The molecule has 0 fully saturated rings. The Balaban J connectivity index is 2.33. The molecule has 112 valence electrons. The van der Waals surface area contributed by atoms with E-state index >= 15 is 0 Å². The van der Waals surface area contributed by atoms with E-state index in [1.54, 1.807) is 30.3 Å². The Morgan fingerprint density at radius 2 is 1.67 bits per heavy atom. The van der Waals surface area contributed by atoms with E-state index in [0.29, 0.717) is 10.0 Å². The Labute approximate surface area is 139 Å². The molecule has 0 spiro atoms. The summed E-state index contributed by atoms with van der Waals surface area (Å²) in [5.74, 6) is 0. The zero-order valence-electron chi connectivity index (χ0n) is 11.1. The van der Waals surface area contributed by atoms with Gasteiger partial charge in [0.2, 0.25) is 10.0 Å². The predicted molar refractivity (Wildman–Crippen MR) is 86.6 cm³/mol. The first-order valence-corrected chi connectivity index (χ1v) is 8.54. The minimum Gasteiger partial charge on any atom is -0.207 e. The van der Waals surface area contributed by atoms with E-state index in [4.69, 9.17) is 34.8 Å². The first-order chi connectivity index (χ1) is 9.80. The normalized spacial score (nSPS) is 11.9. The summed E-state index contributed by atoms with van der Waals surface area (Å²) in [4.78, 5) is -0.0128. The zero-order chi connectivity index (χ0) is 15.6. The second kappa shape index (κ2) is 6.55. The molecule has 7 heteroatoms. The molecule has 2 aromatic rings. The van der Waals surface area contributed by atoms with E-state index in [-0.39, 0.29) is 16.5 Å². The number of nitrogens with zero attached hydrogens (tertiary/aromatic N) is 1. The fourth-order valence-electron chi connectivity index (χ4n) is 1.82. The summed E-state index contributed by atoms with van der Waals surface area (Å²) in [6.45, 7) is 0.186. The molecule has 0 aliphatic carbocycles. The first-order valence-electron chi connectivity index (χ1n) is 5.96. The molecule has 0 saturated heterocycles. The minimum atomic E-state index is -3.73. The number of hydrogen-bond donors (Lipinski definition) is 0. The van der Waals surface area contributed by atoms with Gasteiger partial charge in [0, 0.05) is 23.6 Å². The van der Waals surface area contributed by atoms with Crippen LogP contribution in [0.5, 0.6) is 0 Å². The third-order valence-electron chi connectivity index (χ3n) is 2.88. The highest BCUT2D eigenvalue weighted by molar-refractivity contribution is 7.89. The first kappa shape index (κ1) is 16.6. The van der Waals surface area contributed by atoms with Gasteiger partial charge in [-0.05, 0) is 35.9 Å². The van der Waals surface area contributed by atoms with Crippen molar-refractivity contribution in [2.45, 2.75) is 11.4 Å². The zero-order valence-corrected chi connectivity index (χ0v) is 14.1. The number of hydrogen-bond acceptors (Lipinski definition) is 2. The van der Waals surface area contributed by atoms with Gasteiger partial charge < -0.3 is 0 Å². The van der Waals surface area contributed by atoms with E-state index in [1.807, 2.05) is 0 Å². The maximum absolute atomic E-state index is 12.5. The monoisotopic (exact) mass is 363 g/mol. The number of sulfonamides is 1. The highest BCUT2D eigenvalue weighted by Gasteiger charge is 2.24. The molecule has 0 aromatic heterocycles. The lowest BCUT2D eigenvalue weighted by Crippen LogP contribution is -2.26. The van der Waals surface area contributed by atoms with Crippen LogP contribution in [0.4, 0.5) is 0 Å². The third-order valence-corrected chi connectivity index (χ3v) is 5.63. The molecule has 2 rings (SSSR count). The molecule has 3 nitrogen and oxygen atoms in total. The molecule has 2 aromatic carbocycles. The van der Waals surface area contributed by atoms with Crippen LogP contribution in [-0.2, 0) is 16.6 Å². The molecule has 0 heterocycles. The average molecular weight is 365 g/mol. The van der Waals surface area contributed by atoms with Crippen LogP contribution in [0.15, 0.2) is 47.4 Å². The second-order valence-electron chi connectivity index (χ2n) is 4.47. The molecule has 0 amide bonds. The molecule has 0 aliphatic heterocycles. The molecule has 0 N–H and O–H groups in total. The van der Waals surface area contributed by atoms with Gasteiger partial charge in [0.15, 0.2) is 0 Å². The Bertz CT molecular complexity index is 763. The molecular formula is C14H12Cl3NO2S. The van der Waals surface area contributed by atoms with Crippen molar-refractivity contribution < 1.29 is 8.42 Å². The van der Waals surface area contributed by atoms with Gasteiger partial charge in [0.25, 0.3) is 0 Å². The Kier molecular flexibility index (Phi) is 5.17. The fraction of sp³-hybridized carbons (Fsp3) is 0.143. The molecule has 0 atom stereocenters. The topological polar surface area (TPSA) is 37.4 Å². The van der Waals surface area contributed by atoms with E-state index in [0.717, 1.165) is 5.56 Å². The van der Waals surface area contributed by atoms with Crippen LogP contribution in [0.2, 0.25) is 15.1 Å². The van der Waals surface area contributed by atoms with Gasteiger partial charge in [-0.2, -0.15) is 4.31 Å². The Hall–Kier alpha value is -0.780. The van der Waals surface area contributed by atoms with Crippen molar-refractivity contribution in [3.05, 3.63) is 63.1 Å². The molecule has 0 aliphatic rings. The Morgan fingerprint density at radius 1 is 1.00 bits per heavy atom. The quantitative estimate of drug-likeness (QED) is 0.803. The van der Waals surface area contributed by atoms with Crippen LogP contribution in [0, 0.1) is 0 Å². The van der Waals surface area contributed by atoms with E-state index in [2.05, 4.69) is 0 Å². The van der Waals surface area contributed by atoms with Crippen molar-refractivity contribution in [1.82, 2.24) is 4.31 Å². The summed E-state index contributed by atoms with van der Waals surface area (Å²) < 4.78 is 26.3. The fourth-order valence-corrected chi connectivity index (χ4v) is 3.93. The standard InChI is InChI=1S/C14H12Cl3NO2S/c1-18(9-10-3-2-4-11(15)7-10)21(19,20)14-8-12(16)5-6-13(14)17/h2-8H,9H2,1H3. The molecule has 0 radical (unpaired) electrons. The van der Waals surface area contributed by atoms with Crippen LogP contribution < -0.4 is 0 Å². The van der Waals surface area contributed by atoms with Crippen molar-refractivity contribution in [3.8, 4) is 0 Å². The average Bonchev–Trinajstić information content (AvgIpc) is 2.41. The van der Waals surface area contributed by atoms with Gasteiger partial charge in [-0.1, -0.05) is 46.9 Å². The number of benzene rings is 2. The van der Waals surface area contributed by atoms with Crippen molar-refractivity contribution in [1.29, 1.82) is 0 Å². The number of rotatable bonds is 4. The largest absolute Gasteiger partial charge is 0.244 e. The van der Waals surface area contributed by atoms with E-state index in [1.165, 1.54) is 23.5 Å². The molecule has 0 unspecified atom stereocenters. The lowest BCUT2D eigenvalue weighted by molar-refractivity contribution is 0.467. The highest BCUT2D eigenvalue weighted by atomic mass is 35.5. The predicted octanol–water partition coefficient (Wildman–Crippen LogP) is 4.47. The van der Waals surface area contributed by atoms with Crippen LogP contribution in [0.1, 0.15) is 5.56 Å². The summed E-state index contributed by atoms with van der Waals surface area (Å²) in [6.07, 6.45) is 0. The Morgan fingerprint density at radius 3 is 2.33 bits per heavy atom. The summed E-state index contributed by atoms with van der Waals surface area (Å²) in [5, 5.41) is 1.01. The lowest BCUT2D eigenvalue weighted by atomic mass is 10.2. The van der Waals surface area contributed by atoms with Gasteiger partial charge in [0.1, 0.15) is 4.90 Å². The van der Waals surface area contributed by atoms with Gasteiger partial charge in [-0.15, -0.1) is 0 Å². The van der Waals surface area contributed by atoms with Crippen LogP contribution in [0.25, 0.3) is 0 Å². The summed E-state index contributed by atoms with van der Waals surface area (Å²) in [7, 11) is -2.25. The summed E-state index contributed by atoms with van der Waals surface area (Å²) in [6, 6.07) is 11.4. The smallest absolute Gasteiger partial charge is 0.207 e. The van der Waals surface area contributed by atoms with Gasteiger partial charge in [0.05, 0.1) is 5.02 Å². The molecule has 0 bridgehead atoms. The van der Waals surface area contributed by atoms with Crippen LogP contribution >= 0.6 is 34.8 Å². The number of halogens is 3. The minimum absolute atomic E-state index is 0.0128. The van der Waals surface area contributed by atoms with Crippen molar-refractivity contribution in [3.63, 3.8) is 0 Å². The highest BCUT2D eigenvalue weighted by Crippen LogP contribution is 2.28. The van der Waals surface area contributed by atoms with Crippen molar-refractivity contribution >= 4 is 44.8 Å². The molecule has 0 saturated carbocycles. The molecular weight excluding hydrogens is 353 g/mol. The van der Waals surface area contributed by atoms with Crippen molar-refractivity contribution in [2.24, 2.45) is 0 Å². The SMILES string of the molecule is CN(Cc1cccc(Cl)c1)S(=O)(=O)c1cc(Cl)ccc1Cl. The maximum Gasteiger partial charge on any atom is 0.244 e. The van der Waals surface area contributed by atoms with Gasteiger partial charge in [-0.25, -0.2) is 8.42 Å². The van der Waals surface area contributed by atoms with Crippen molar-refractivity contribution in [2.75, 3.05) is 7.05 Å². The summed E-state index contributed by atoms with van der Waals surface area (Å²) >= 11 is 17.7. The lowest BCUT2D eigenvalue weighted by Gasteiger charge is -2.18. The van der Waals surface area contributed by atoms with E-state index < -0.39 is 10.0 Å². The van der Waals surface area contributed by atoms with E-state index in [9.17, 15) is 8.42 Å². The van der Waals surface area contributed by atoms with Crippen LogP contribution in [-0.4, -0.2) is 19.8 Å².